The summed E-state index contributed by atoms with van der Waals surface area (Å²) in [5.41, 5.74) is -0.861. The molecule has 0 aliphatic carbocycles. The lowest BCUT2D eigenvalue weighted by molar-refractivity contribution is -0.133. The lowest BCUT2D eigenvalue weighted by Gasteiger charge is -2.01. The van der Waals surface area contributed by atoms with E-state index in [9.17, 15) is 9.59 Å². The number of aliphatic hydroxyl groups is 2. The number of hydrogen-bond acceptors (Lipinski definition) is 6. The second-order valence-electron chi connectivity index (χ2n) is 4.47. The van der Waals surface area contributed by atoms with Gasteiger partial charge in [0.25, 0.3) is 0 Å². The monoisotopic (exact) mass is 340 g/mol. The van der Waals surface area contributed by atoms with Crippen molar-refractivity contribution in [2.45, 2.75) is 51.7 Å². The Morgan fingerprint density at radius 2 is 1.29 bits per heavy atom. The van der Waals surface area contributed by atoms with Crippen LogP contribution in [0.1, 0.15) is 45.4 Å². The van der Waals surface area contributed by atoms with E-state index in [1.165, 1.54) is 31.4 Å². The van der Waals surface area contributed by atoms with Crippen molar-refractivity contribution in [3.05, 3.63) is 24.3 Å². The van der Waals surface area contributed by atoms with E-state index in [1.807, 2.05) is 0 Å². The van der Waals surface area contributed by atoms with Crippen LogP contribution in [-0.4, -0.2) is 38.7 Å². The zero-order valence-corrected chi connectivity index (χ0v) is 13.7. The van der Waals surface area contributed by atoms with Crippen LogP contribution in [0.2, 0.25) is 0 Å². The number of rotatable bonds is 8. The fourth-order valence-corrected chi connectivity index (χ4v) is 1.03. The molecule has 0 aromatic heterocycles. The van der Waals surface area contributed by atoms with E-state index in [1.54, 1.807) is 0 Å². The van der Waals surface area contributed by atoms with E-state index in [4.69, 9.17) is 30.9 Å². The van der Waals surface area contributed by atoms with E-state index in [0.717, 1.165) is 12.8 Å². The smallest absolute Gasteiger partial charge is 0.345 e. The summed E-state index contributed by atoms with van der Waals surface area (Å²) in [5, 5.41) is 48.2. The first-order chi connectivity index (χ1) is 11.1. The normalized spacial score (nSPS) is 8.42. The molecule has 0 radical (unpaired) electrons. The van der Waals surface area contributed by atoms with Crippen molar-refractivity contribution in [3.63, 3.8) is 0 Å². The molecule has 0 atom stereocenters. The van der Waals surface area contributed by atoms with Crippen molar-refractivity contribution in [1.29, 1.82) is 10.5 Å². The first-order valence-corrected chi connectivity index (χ1v) is 7.14. The summed E-state index contributed by atoms with van der Waals surface area (Å²) in [7, 11) is 0. The first kappa shape index (κ1) is 26.2. The molecule has 8 heteroatoms. The maximum atomic E-state index is 9.61. The minimum atomic E-state index is -1.26. The second kappa shape index (κ2) is 18.4. The molecular formula is C16H24N2O6. The molecule has 134 valence electrons. The zero-order valence-electron chi connectivity index (χ0n) is 13.7. The molecule has 0 saturated carbocycles. The molecule has 0 fully saturated rings. The van der Waals surface area contributed by atoms with Crippen LogP contribution in [0.25, 0.3) is 0 Å². The Bertz CT molecular complexity index is 450. The van der Waals surface area contributed by atoms with Crippen molar-refractivity contribution in [2.24, 2.45) is 0 Å². The van der Waals surface area contributed by atoms with Gasteiger partial charge in [0.15, 0.2) is 6.29 Å². The number of carboxylic acid groups (broad SMARTS) is 2. The van der Waals surface area contributed by atoms with Crippen molar-refractivity contribution in [1.82, 2.24) is 0 Å². The summed E-state index contributed by atoms with van der Waals surface area (Å²) in [6.07, 6.45) is 5.24. The SMILES string of the molecule is C=C(C#N)C(=O)O.C=C(C#N)C(=O)O.CCCCCCCC(O)O. The van der Waals surface area contributed by atoms with Gasteiger partial charge in [-0.3, -0.25) is 0 Å². The van der Waals surface area contributed by atoms with Crippen molar-refractivity contribution < 1.29 is 30.0 Å². The van der Waals surface area contributed by atoms with Gasteiger partial charge < -0.3 is 20.4 Å². The van der Waals surface area contributed by atoms with Crippen LogP contribution in [0.15, 0.2) is 24.3 Å². The number of hydrogen-bond donors (Lipinski definition) is 4. The Morgan fingerprint density at radius 3 is 1.50 bits per heavy atom. The topological polar surface area (TPSA) is 163 Å². The largest absolute Gasteiger partial charge is 0.477 e. The molecule has 8 nitrogen and oxygen atoms in total. The molecule has 0 aromatic rings. The Morgan fingerprint density at radius 1 is 0.917 bits per heavy atom. The van der Waals surface area contributed by atoms with Gasteiger partial charge in [0, 0.05) is 0 Å². The number of aliphatic carboxylic acids is 2. The van der Waals surface area contributed by atoms with E-state index >= 15 is 0 Å². The van der Waals surface area contributed by atoms with Gasteiger partial charge in [-0.15, -0.1) is 0 Å². The van der Waals surface area contributed by atoms with Crippen LogP contribution in [0.4, 0.5) is 0 Å². The highest BCUT2D eigenvalue weighted by Crippen LogP contribution is 2.05. The molecule has 0 aromatic carbocycles. The van der Waals surface area contributed by atoms with Gasteiger partial charge in [0.1, 0.15) is 23.3 Å². The van der Waals surface area contributed by atoms with Crippen LogP contribution in [-0.2, 0) is 9.59 Å². The Kier molecular flexibility index (Phi) is 20.1. The number of unbranched alkanes of at least 4 members (excludes halogenated alkanes) is 4. The summed E-state index contributed by atoms with van der Waals surface area (Å²) >= 11 is 0. The highest BCUT2D eigenvalue weighted by molar-refractivity contribution is 5.90. The predicted molar refractivity (Wildman–Crippen MR) is 86.4 cm³/mol. The quantitative estimate of drug-likeness (QED) is 0.225. The number of nitrogens with zero attached hydrogens (tertiary/aromatic N) is 2. The highest BCUT2D eigenvalue weighted by Gasteiger charge is 1.98. The molecule has 0 aliphatic heterocycles. The second-order valence-corrected chi connectivity index (χ2v) is 4.47. The molecule has 0 amide bonds. The van der Waals surface area contributed by atoms with Crippen LogP contribution < -0.4 is 0 Å². The summed E-state index contributed by atoms with van der Waals surface area (Å²) in [4.78, 5) is 19.2. The van der Waals surface area contributed by atoms with Crippen LogP contribution in [0, 0.1) is 22.7 Å². The molecule has 0 bridgehead atoms. The Hall–Kier alpha value is -2.68. The number of carbonyl (C=O) groups is 2. The average molecular weight is 340 g/mol. The van der Waals surface area contributed by atoms with Gasteiger partial charge in [-0.25, -0.2) is 9.59 Å². The van der Waals surface area contributed by atoms with Crippen LogP contribution >= 0.6 is 0 Å². The van der Waals surface area contributed by atoms with E-state index < -0.39 is 29.4 Å². The molecule has 0 rings (SSSR count). The van der Waals surface area contributed by atoms with Crippen molar-refractivity contribution in [2.75, 3.05) is 0 Å². The zero-order chi connectivity index (χ0) is 19.5. The summed E-state index contributed by atoms with van der Waals surface area (Å²) < 4.78 is 0. The van der Waals surface area contributed by atoms with E-state index in [-0.39, 0.29) is 0 Å². The molecule has 4 N–H and O–H groups in total. The predicted octanol–water partition coefficient (Wildman–Crippen LogP) is 1.96. The van der Waals surface area contributed by atoms with Gasteiger partial charge in [0.05, 0.1) is 0 Å². The Labute approximate surface area is 141 Å². The minimum Gasteiger partial charge on any atom is -0.477 e. The molecule has 0 aliphatic rings. The van der Waals surface area contributed by atoms with Gasteiger partial charge in [-0.2, -0.15) is 10.5 Å². The minimum absolute atomic E-state index is 0.431. The summed E-state index contributed by atoms with van der Waals surface area (Å²) in [5.74, 6) is -2.52. The maximum Gasteiger partial charge on any atom is 0.345 e. The highest BCUT2D eigenvalue weighted by atomic mass is 16.5. The number of nitriles is 2. The van der Waals surface area contributed by atoms with Crippen molar-refractivity contribution in [3.8, 4) is 12.1 Å². The maximum absolute atomic E-state index is 9.61. The van der Waals surface area contributed by atoms with E-state index in [0.29, 0.717) is 6.42 Å². The lowest BCUT2D eigenvalue weighted by atomic mass is 10.1. The van der Waals surface area contributed by atoms with Crippen LogP contribution in [0.5, 0.6) is 0 Å². The van der Waals surface area contributed by atoms with Gasteiger partial charge in [-0.1, -0.05) is 45.8 Å². The Balaban J connectivity index is -0.000000283. The fourth-order valence-electron chi connectivity index (χ4n) is 1.03. The molecule has 0 saturated heterocycles. The average Bonchev–Trinajstić information content (AvgIpc) is 2.53. The fraction of sp³-hybridized carbons (Fsp3) is 0.500. The molecule has 0 spiro atoms. The third-order valence-corrected chi connectivity index (χ3v) is 2.35. The number of aliphatic hydroxyl groups excluding tert-OH is 1. The van der Waals surface area contributed by atoms with Gasteiger partial charge in [-0.05, 0) is 12.8 Å². The lowest BCUT2D eigenvalue weighted by Crippen LogP contribution is -2.02. The molecule has 0 heterocycles. The molecule has 0 unspecified atom stereocenters. The summed E-state index contributed by atoms with van der Waals surface area (Å²) in [6, 6.07) is 2.74. The van der Waals surface area contributed by atoms with Crippen LogP contribution in [0.3, 0.4) is 0 Å². The van der Waals surface area contributed by atoms with Gasteiger partial charge in [0.2, 0.25) is 0 Å². The first-order valence-electron chi connectivity index (χ1n) is 7.14. The summed E-state index contributed by atoms with van der Waals surface area (Å²) in [6.45, 7) is 7.99. The van der Waals surface area contributed by atoms with Gasteiger partial charge >= 0.3 is 11.9 Å². The standard InChI is InChI=1S/C8H18O2.2C4H3NO2/c1-2-3-4-5-6-7-8(9)10;2*1-3(2-5)4(6)7/h8-10H,2-7H2,1H3;2*1H2,(H,6,7). The third kappa shape index (κ3) is 24.3. The van der Waals surface area contributed by atoms with E-state index in [2.05, 4.69) is 20.1 Å². The van der Waals surface area contributed by atoms with Crippen molar-refractivity contribution >= 4 is 11.9 Å². The molecule has 24 heavy (non-hydrogen) atoms. The number of carboxylic acids is 2. The molecular weight excluding hydrogens is 316 g/mol. The third-order valence-electron chi connectivity index (χ3n) is 2.35.